The van der Waals surface area contributed by atoms with Gasteiger partial charge in [-0.3, -0.25) is 0 Å². The van der Waals surface area contributed by atoms with Crippen LogP contribution >= 0.6 is 11.3 Å². The minimum atomic E-state index is -3.61. The summed E-state index contributed by atoms with van der Waals surface area (Å²) < 4.78 is 26.9. The van der Waals surface area contributed by atoms with Crippen molar-refractivity contribution in [3.8, 4) is 0 Å². The van der Waals surface area contributed by atoms with Crippen LogP contribution in [0.3, 0.4) is 0 Å². The molecule has 0 unspecified atom stereocenters. The third kappa shape index (κ3) is 3.34. The Morgan fingerprint density at radius 2 is 2.11 bits per heavy atom. The maximum Gasteiger partial charge on any atom is 0.345 e. The van der Waals surface area contributed by atoms with Gasteiger partial charge in [0, 0.05) is 11.4 Å². The SMILES string of the molecule is C[C@@H](NS(=O)(=O)c1csc(C(=O)O)c1)C1CCCC1. The lowest BCUT2D eigenvalue weighted by molar-refractivity contribution is 0.0702. The van der Waals surface area contributed by atoms with E-state index in [1.165, 1.54) is 11.4 Å². The third-order valence-corrected chi connectivity index (χ3v) is 6.15. The van der Waals surface area contributed by atoms with E-state index in [0.717, 1.165) is 37.0 Å². The lowest BCUT2D eigenvalue weighted by atomic mass is 10.0. The Bertz CT molecular complexity index is 558. The summed E-state index contributed by atoms with van der Waals surface area (Å²) in [6, 6.07) is 1.09. The van der Waals surface area contributed by atoms with Crippen molar-refractivity contribution >= 4 is 27.3 Å². The highest BCUT2D eigenvalue weighted by atomic mass is 32.2. The number of hydrogen-bond acceptors (Lipinski definition) is 4. The topological polar surface area (TPSA) is 83.5 Å². The highest BCUT2D eigenvalue weighted by Gasteiger charge is 2.27. The molecule has 0 aliphatic heterocycles. The van der Waals surface area contributed by atoms with Crippen molar-refractivity contribution in [2.24, 2.45) is 5.92 Å². The molecule has 1 aliphatic carbocycles. The Morgan fingerprint density at radius 1 is 1.47 bits per heavy atom. The van der Waals surface area contributed by atoms with Gasteiger partial charge in [0.1, 0.15) is 4.88 Å². The van der Waals surface area contributed by atoms with Crippen LogP contribution in [0.15, 0.2) is 16.3 Å². The van der Waals surface area contributed by atoms with Crippen molar-refractivity contribution in [2.75, 3.05) is 0 Å². The first-order chi connectivity index (χ1) is 8.90. The Hall–Kier alpha value is -0.920. The summed E-state index contributed by atoms with van der Waals surface area (Å²) in [4.78, 5) is 10.8. The molecule has 7 heteroatoms. The summed E-state index contributed by atoms with van der Waals surface area (Å²) in [7, 11) is -3.61. The van der Waals surface area contributed by atoms with Crippen molar-refractivity contribution in [3.63, 3.8) is 0 Å². The standard InChI is InChI=1S/C12H17NO4S2/c1-8(9-4-2-3-5-9)13-19(16,17)10-6-11(12(14)15)18-7-10/h6-9,13H,2-5H2,1H3,(H,14,15)/t8-/m1/s1. The predicted molar refractivity (Wildman–Crippen MR) is 73.0 cm³/mol. The Balaban J connectivity index is 2.10. The molecule has 1 fully saturated rings. The van der Waals surface area contributed by atoms with Gasteiger partial charge in [0.15, 0.2) is 0 Å². The lowest BCUT2D eigenvalue weighted by Crippen LogP contribution is -2.37. The minimum Gasteiger partial charge on any atom is -0.477 e. The van der Waals surface area contributed by atoms with E-state index in [-0.39, 0.29) is 15.8 Å². The molecule has 106 valence electrons. The molecule has 2 N–H and O–H groups in total. The number of rotatable bonds is 5. The number of carboxylic acids is 1. The highest BCUT2D eigenvalue weighted by Crippen LogP contribution is 2.28. The van der Waals surface area contributed by atoms with Crippen LogP contribution in [0, 0.1) is 5.92 Å². The van der Waals surface area contributed by atoms with Crippen LogP contribution in [-0.2, 0) is 10.0 Å². The van der Waals surface area contributed by atoms with Crippen molar-refractivity contribution in [3.05, 3.63) is 16.3 Å². The molecule has 0 radical (unpaired) electrons. The van der Waals surface area contributed by atoms with Crippen molar-refractivity contribution in [1.82, 2.24) is 4.72 Å². The molecule has 1 heterocycles. The molecular weight excluding hydrogens is 286 g/mol. The Labute approximate surface area is 116 Å². The smallest absolute Gasteiger partial charge is 0.345 e. The first-order valence-corrected chi connectivity index (χ1v) is 8.60. The summed E-state index contributed by atoms with van der Waals surface area (Å²) in [5, 5.41) is 10.2. The minimum absolute atomic E-state index is 0.0360. The molecule has 0 spiro atoms. The van der Waals surface area contributed by atoms with Crippen LogP contribution < -0.4 is 4.72 Å². The molecule has 1 saturated carbocycles. The Kier molecular flexibility index (Phi) is 4.27. The van der Waals surface area contributed by atoms with Crippen LogP contribution in [-0.4, -0.2) is 25.5 Å². The van der Waals surface area contributed by atoms with Gasteiger partial charge in [-0.15, -0.1) is 11.3 Å². The monoisotopic (exact) mass is 303 g/mol. The van der Waals surface area contributed by atoms with E-state index in [1.54, 1.807) is 0 Å². The summed E-state index contributed by atoms with van der Waals surface area (Å²) >= 11 is 0.925. The predicted octanol–water partition coefficient (Wildman–Crippen LogP) is 2.30. The van der Waals surface area contributed by atoms with Gasteiger partial charge in [-0.05, 0) is 31.7 Å². The van der Waals surface area contributed by atoms with E-state index < -0.39 is 16.0 Å². The van der Waals surface area contributed by atoms with Gasteiger partial charge < -0.3 is 5.11 Å². The second kappa shape index (κ2) is 5.60. The zero-order valence-electron chi connectivity index (χ0n) is 10.6. The van der Waals surface area contributed by atoms with Gasteiger partial charge in [0.25, 0.3) is 0 Å². The summed E-state index contributed by atoms with van der Waals surface area (Å²) in [5.74, 6) is -0.720. The van der Waals surface area contributed by atoms with E-state index >= 15 is 0 Å². The average molecular weight is 303 g/mol. The number of nitrogens with one attached hydrogen (secondary N) is 1. The van der Waals surface area contributed by atoms with E-state index in [4.69, 9.17) is 5.11 Å². The largest absolute Gasteiger partial charge is 0.477 e. The lowest BCUT2D eigenvalue weighted by Gasteiger charge is -2.19. The summed E-state index contributed by atoms with van der Waals surface area (Å²) in [5.41, 5.74) is 0. The first-order valence-electron chi connectivity index (χ1n) is 6.24. The fraction of sp³-hybridized carbons (Fsp3) is 0.583. The normalized spacial score (nSPS) is 18.6. The molecule has 1 aromatic rings. The number of carboxylic acid groups (broad SMARTS) is 1. The molecule has 5 nitrogen and oxygen atoms in total. The van der Waals surface area contributed by atoms with Crippen molar-refractivity contribution in [1.29, 1.82) is 0 Å². The fourth-order valence-corrected chi connectivity index (χ4v) is 4.86. The van der Waals surface area contributed by atoms with Gasteiger partial charge >= 0.3 is 5.97 Å². The zero-order valence-corrected chi connectivity index (χ0v) is 12.3. The van der Waals surface area contributed by atoms with Crippen LogP contribution in [0.5, 0.6) is 0 Å². The van der Waals surface area contributed by atoms with Crippen LogP contribution in [0.25, 0.3) is 0 Å². The Morgan fingerprint density at radius 3 is 2.63 bits per heavy atom. The maximum atomic E-state index is 12.1. The molecule has 1 aromatic heterocycles. The molecule has 0 saturated heterocycles. The van der Waals surface area contributed by atoms with Crippen LogP contribution in [0.4, 0.5) is 0 Å². The van der Waals surface area contributed by atoms with Gasteiger partial charge in [0.2, 0.25) is 10.0 Å². The molecular formula is C12H17NO4S2. The quantitative estimate of drug-likeness (QED) is 0.874. The first kappa shape index (κ1) is 14.5. The fourth-order valence-electron chi connectivity index (χ4n) is 2.44. The number of hydrogen-bond donors (Lipinski definition) is 2. The highest BCUT2D eigenvalue weighted by molar-refractivity contribution is 7.89. The molecule has 0 amide bonds. The maximum absolute atomic E-state index is 12.1. The van der Waals surface area contributed by atoms with Crippen LogP contribution in [0.2, 0.25) is 0 Å². The number of sulfonamides is 1. The van der Waals surface area contributed by atoms with E-state index in [1.807, 2.05) is 6.92 Å². The van der Waals surface area contributed by atoms with Gasteiger partial charge in [-0.2, -0.15) is 0 Å². The van der Waals surface area contributed by atoms with E-state index in [0.29, 0.717) is 5.92 Å². The van der Waals surface area contributed by atoms with Gasteiger partial charge in [-0.25, -0.2) is 17.9 Å². The molecule has 1 atom stereocenters. The number of thiophene rings is 1. The molecule has 1 aliphatic rings. The van der Waals surface area contributed by atoms with Crippen molar-refractivity contribution < 1.29 is 18.3 Å². The number of aromatic carboxylic acids is 1. The average Bonchev–Trinajstić information content (AvgIpc) is 3.00. The molecule has 19 heavy (non-hydrogen) atoms. The third-order valence-electron chi connectivity index (χ3n) is 3.54. The van der Waals surface area contributed by atoms with Gasteiger partial charge in [0.05, 0.1) is 4.90 Å². The molecule has 0 aromatic carbocycles. The second-order valence-electron chi connectivity index (χ2n) is 4.91. The molecule has 0 bridgehead atoms. The van der Waals surface area contributed by atoms with Crippen LogP contribution in [0.1, 0.15) is 42.3 Å². The van der Waals surface area contributed by atoms with Crippen molar-refractivity contribution in [2.45, 2.75) is 43.5 Å². The molecule has 2 rings (SSSR count). The zero-order chi connectivity index (χ0) is 14.0. The summed E-state index contributed by atoms with van der Waals surface area (Å²) in [6.45, 7) is 1.87. The number of carbonyl (C=O) groups is 1. The van der Waals surface area contributed by atoms with E-state index in [9.17, 15) is 13.2 Å². The summed E-state index contributed by atoms with van der Waals surface area (Å²) in [6.07, 6.45) is 4.40. The van der Waals surface area contributed by atoms with Gasteiger partial charge in [-0.1, -0.05) is 12.8 Å². The second-order valence-corrected chi connectivity index (χ2v) is 7.53. The van der Waals surface area contributed by atoms with E-state index in [2.05, 4.69) is 4.72 Å².